The minimum Gasteiger partial charge on any atom is -0.394 e. The molecule has 0 amide bonds. The van der Waals surface area contributed by atoms with Gasteiger partial charge in [-0.3, -0.25) is 0 Å². The largest absolute Gasteiger partial charge is 0.394 e. The molecule has 0 saturated carbocycles. The molecule has 0 aliphatic carbocycles. The van der Waals surface area contributed by atoms with Crippen molar-refractivity contribution >= 4 is 0 Å². The molecule has 84 valence electrons. The lowest BCUT2D eigenvalue weighted by Crippen LogP contribution is -2.45. The third-order valence-electron chi connectivity index (χ3n) is 2.34. The van der Waals surface area contributed by atoms with Crippen molar-refractivity contribution in [1.29, 1.82) is 0 Å². The van der Waals surface area contributed by atoms with Gasteiger partial charge < -0.3 is 15.6 Å². The number of aliphatic hydroxyl groups is 1. The summed E-state index contributed by atoms with van der Waals surface area (Å²) in [5.74, 6) is 0. The van der Waals surface area contributed by atoms with E-state index in [9.17, 15) is 5.11 Å². The molecule has 0 heterocycles. The van der Waals surface area contributed by atoms with E-state index in [1.165, 1.54) is 0 Å². The van der Waals surface area contributed by atoms with Gasteiger partial charge >= 0.3 is 0 Å². The Kier molecular flexibility index (Phi) is 4.75. The predicted molar refractivity (Wildman–Crippen MR) is 60.5 cm³/mol. The van der Waals surface area contributed by atoms with Gasteiger partial charge in [-0.1, -0.05) is 37.3 Å². The number of hydrogen-bond donors (Lipinski definition) is 2. The highest BCUT2D eigenvalue weighted by atomic mass is 16.5. The van der Waals surface area contributed by atoms with Crippen LogP contribution in [0.4, 0.5) is 0 Å². The summed E-state index contributed by atoms with van der Waals surface area (Å²) < 4.78 is 5.41. The van der Waals surface area contributed by atoms with Gasteiger partial charge in [0.15, 0.2) is 0 Å². The maximum Gasteiger partial charge on any atom is 0.0881 e. The van der Waals surface area contributed by atoms with Crippen LogP contribution in [-0.4, -0.2) is 24.9 Å². The summed E-state index contributed by atoms with van der Waals surface area (Å²) >= 11 is 0. The Balaban J connectivity index is 2.67. The number of aliphatic hydroxyl groups excluding tert-OH is 1. The molecule has 1 atom stereocenters. The molecule has 15 heavy (non-hydrogen) atoms. The SMILES string of the molecule is CCCOCC(N)(CO)c1ccccc1. The quantitative estimate of drug-likeness (QED) is 0.693. The van der Waals surface area contributed by atoms with E-state index in [1.807, 2.05) is 37.3 Å². The van der Waals surface area contributed by atoms with Gasteiger partial charge in [0.1, 0.15) is 0 Å². The van der Waals surface area contributed by atoms with Gasteiger partial charge in [0.05, 0.1) is 18.8 Å². The first kappa shape index (κ1) is 12.2. The minimum absolute atomic E-state index is 0.110. The van der Waals surface area contributed by atoms with Crippen molar-refractivity contribution < 1.29 is 9.84 Å². The molecule has 0 fully saturated rings. The third kappa shape index (κ3) is 3.30. The summed E-state index contributed by atoms with van der Waals surface area (Å²) in [6.45, 7) is 2.95. The van der Waals surface area contributed by atoms with Gasteiger partial charge in [-0.25, -0.2) is 0 Å². The predicted octanol–water partition coefficient (Wildman–Crippen LogP) is 1.26. The summed E-state index contributed by atoms with van der Waals surface area (Å²) in [6, 6.07) is 9.56. The molecule has 0 radical (unpaired) electrons. The van der Waals surface area contributed by atoms with E-state index >= 15 is 0 Å². The Morgan fingerprint density at radius 2 is 2.00 bits per heavy atom. The first-order chi connectivity index (χ1) is 7.23. The lowest BCUT2D eigenvalue weighted by Gasteiger charge is -2.27. The molecule has 3 heteroatoms. The highest BCUT2D eigenvalue weighted by molar-refractivity contribution is 5.24. The van der Waals surface area contributed by atoms with Crippen molar-refractivity contribution in [2.75, 3.05) is 19.8 Å². The molecular formula is C12H19NO2. The van der Waals surface area contributed by atoms with E-state index in [1.54, 1.807) is 0 Å². The van der Waals surface area contributed by atoms with Gasteiger partial charge in [0.2, 0.25) is 0 Å². The minimum atomic E-state index is -0.781. The lowest BCUT2D eigenvalue weighted by atomic mass is 9.93. The van der Waals surface area contributed by atoms with Gasteiger partial charge in [-0.05, 0) is 12.0 Å². The fourth-order valence-electron chi connectivity index (χ4n) is 1.39. The molecule has 0 aromatic heterocycles. The Hall–Kier alpha value is -0.900. The molecule has 0 saturated heterocycles. The fourth-order valence-corrected chi connectivity index (χ4v) is 1.39. The first-order valence-electron chi connectivity index (χ1n) is 5.26. The summed E-state index contributed by atoms with van der Waals surface area (Å²) in [5, 5.41) is 9.33. The van der Waals surface area contributed by atoms with Crippen LogP contribution in [0.1, 0.15) is 18.9 Å². The molecule has 1 aromatic carbocycles. The van der Waals surface area contributed by atoms with Crippen molar-refractivity contribution in [3.8, 4) is 0 Å². The monoisotopic (exact) mass is 209 g/mol. The van der Waals surface area contributed by atoms with Crippen molar-refractivity contribution in [2.45, 2.75) is 18.9 Å². The molecule has 1 rings (SSSR count). The molecule has 0 aliphatic heterocycles. The van der Waals surface area contributed by atoms with Crippen molar-refractivity contribution in [1.82, 2.24) is 0 Å². The highest BCUT2D eigenvalue weighted by Crippen LogP contribution is 2.17. The standard InChI is InChI=1S/C12H19NO2/c1-2-8-15-10-12(13,9-14)11-6-4-3-5-7-11/h3-7,14H,2,8-10,13H2,1H3. The van der Waals surface area contributed by atoms with E-state index in [0.29, 0.717) is 13.2 Å². The molecule has 0 bridgehead atoms. The average molecular weight is 209 g/mol. The van der Waals surface area contributed by atoms with Crippen molar-refractivity contribution in [2.24, 2.45) is 5.73 Å². The second-order valence-corrected chi connectivity index (χ2v) is 3.73. The van der Waals surface area contributed by atoms with Crippen LogP contribution in [0, 0.1) is 0 Å². The molecular weight excluding hydrogens is 190 g/mol. The number of rotatable bonds is 6. The topological polar surface area (TPSA) is 55.5 Å². The van der Waals surface area contributed by atoms with Gasteiger partial charge in [0.25, 0.3) is 0 Å². The van der Waals surface area contributed by atoms with E-state index in [0.717, 1.165) is 12.0 Å². The molecule has 3 N–H and O–H groups in total. The second kappa shape index (κ2) is 5.85. The second-order valence-electron chi connectivity index (χ2n) is 3.73. The number of benzene rings is 1. The molecule has 1 aromatic rings. The van der Waals surface area contributed by atoms with E-state index in [4.69, 9.17) is 10.5 Å². The summed E-state index contributed by atoms with van der Waals surface area (Å²) in [5.41, 5.74) is 6.21. The summed E-state index contributed by atoms with van der Waals surface area (Å²) in [6.07, 6.45) is 0.955. The average Bonchev–Trinajstić information content (AvgIpc) is 2.30. The summed E-state index contributed by atoms with van der Waals surface area (Å²) in [4.78, 5) is 0. The lowest BCUT2D eigenvalue weighted by molar-refractivity contribution is 0.0539. The maximum absolute atomic E-state index is 9.33. The van der Waals surface area contributed by atoms with Crippen molar-refractivity contribution in [3.05, 3.63) is 35.9 Å². The van der Waals surface area contributed by atoms with Crippen LogP contribution in [0.3, 0.4) is 0 Å². The Morgan fingerprint density at radius 3 is 2.53 bits per heavy atom. The fraction of sp³-hybridized carbons (Fsp3) is 0.500. The normalized spacial score (nSPS) is 14.9. The van der Waals surface area contributed by atoms with Crippen LogP contribution >= 0.6 is 0 Å². The first-order valence-corrected chi connectivity index (χ1v) is 5.26. The van der Waals surface area contributed by atoms with Crippen LogP contribution in [0.25, 0.3) is 0 Å². The van der Waals surface area contributed by atoms with Crippen LogP contribution in [0.5, 0.6) is 0 Å². The van der Waals surface area contributed by atoms with Gasteiger partial charge in [-0.15, -0.1) is 0 Å². The number of hydrogen-bond acceptors (Lipinski definition) is 3. The Bertz CT molecular complexity index is 276. The molecule has 0 spiro atoms. The zero-order chi connectivity index (χ0) is 11.1. The highest BCUT2D eigenvalue weighted by Gasteiger charge is 2.26. The van der Waals surface area contributed by atoms with E-state index < -0.39 is 5.54 Å². The van der Waals surface area contributed by atoms with Gasteiger partial charge in [0, 0.05) is 6.61 Å². The van der Waals surface area contributed by atoms with E-state index in [2.05, 4.69) is 0 Å². The summed E-state index contributed by atoms with van der Waals surface area (Å²) in [7, 11) is 0. The van der Waals surface area contributed by atoms with Crippen LogP contribution in [0.2, 0.25) is 0 Å². The zero-order valence-corrected chi connectivity index (χ0v) is 9.15. The number of nitrogens with two attached hydrogens (primary N) is 1. The molecule has 3 nitrogen and oxygen atoms in total. The third-order valence-corrected chi connectivity index (χ3v) is 2.34. The van der Waals surface area contributed by atoms with Crippen molar-refractivity contribution in [3.63, 3.8) is 0 Å². The molecule has 1 unspecified atom stereocenters. The Morgan fingerprint density at radius 1 is 1.33 bits per heavy atom. The smallest absolute Gasteiger partial charge is 0.0881 e. The maximum atomic E-state index is 9.33. The van der Waals surface area contributed by atoms with Crippen LogP contribution in [0.15, 0.2) is 30.3 Å². The van der Waals surface area contributed by atoms with E-state index in [-0.39, 0.29) is 6.61 Å². The Labute approximate surface area is 90.9 Å². The van der Waals surface area contributed by atoms with Crippen LogP contribution in [-0.2, 0) is 10.3 Å². The molecule has 0 aliphatic rings. The number of ether oxygens (including phenoxy) is 1. The van der Waals surface area contributed by atoms with Crippen LogP contribution < -0.4 is 5.73 Å². The van der Waals surface area contributed by atoms with Gasteiger partial charge in [-0.2, -0.15) is 0 Å². The zero-order valence-electron chi connectivity index (χ0n) is 9.15.